The van der Waals surface area contributed by atoms with Crippen LogP contribution in [-0.2, 0) is 4.79 Å². The molecule has 3 rings (SSSR count). The first-order chi connectivity index (χ1) is 11.6. The number of benzene rings is 2. The molecule has 2 aromatic carbocycles. The number of carbonyl (C=O) groups is 1. The molecule has 0 saturated carbocycles. The first-order valence-corrected chi connectivity index (χ1v) is 9.05. The Morgan fingerprint density at radius 3 is 2.71 bits per heavy atom. The highest BCUT2D eigenvalue weighted by Gasteiger charge is 2.05. The van der Waals surface area contributed by atoms with Gasteiger partial charge in [-0.3, -0.25) is 4.79 Å². The van der Waals surface area contributed by atoms with Crippen molar-refractivity contribution in [2.45, 2.75) is 6.92 Å². The number of anilines is 1. The van der Waals surface area contributed by atoms with E-state index < -0.39 is 0 Å². The van der Waals surface area contributed by atoms with E-state index in [9.17, 15) is 4.79 Å². The van der Waals surface area contributed by atoms with Crippen LogP contribution >= 0.6 is 27.3 Å². The van der Waals surface area contributed by atoms with Gasteiger partial charge in [-0.25, -0.2) is 5.43 Å². The molecule has 0 atom stereocenters. The minimum Gasteiger partial charge on any atom is -0.376 e. The van der Waals surface area contributed by atoms with Crippen molar-refractivity contribution in [3.05, 3.63) is 63.3 Å². The number of hydrogen-bond donors (Lipinski definition) is 2. The van der Waals surface area contributed by atoms with Crippen LogP contribution in [-0.4, -0.2) is 18.2 Å². The van der Waals surface area contributed by atoms with Crippen molar-refractivity contribution in [2.75, 3.05) is 11.9 Å². The van der Waals surface area contributed by atoms with E-state index in [2.05, 4.69) is 31.8 Å². The standard InChI is InChI=1S/C18H16BrN3OS/c1-12(16-9-10-17(19)24-16)21-22-18(23)11-20-15-8-4-6-13-5-2-3-7-14(13)15/h2-10,20H,11H2,1H3,(H,22,23)/b21-12+. The van der Waals surface area contributed by atoms with Crippen LogP contribution in [0.3, 0.4) is 0 Å². The van der Waals surface area contributed by atoms with Gasteiger partial charge in [0.05, 0.1) is 20.9 Å². The highest BCUT2D eigenvalue weighted by atomic mass is 79.9. The Hall–Kier alpha value is -2.18. The summed E-state index contributed by atoms with van der Waals surface area (Å²) >= 11 is 5.00. The number of carbonyl (C=O) groups excluding carboxylic acids is 1. The zero-order valence-corrected chi connectivity index (χ0v) is 15.4. The van der Waals surface area contributed by atoms with E-state index in [1.165, 1.54) is 0 Å². The van der Waals surface area contributed by atoms with Crippen LogP contribution < -0.4 is 10.7 Å². The highest BCUT2D eigenvalue weighted by Crippen LogP contribution is 2.23. The normalized spacial score (nSPS) is 11.5. The fourth-order valence-corrected chi connectivity index (χ4v) is 3.64. The average molecular weight is 402 g/mol. The second-order valence-electron chi connectivity index (χ2n) is 5.22. The van der Waals surface area contributed by atoms with Crippen molar-refractivity contribution in [1.29, 1.82) is 0 Å². The van der Waals surface area contributed by atoms with Gasteiger partial charge in [0.1, 0.15) is 0 Å². The van der Waals surface area contributed by atoms with E-state index in [0.717, 1.165) is 30.8 Å². The minimum atomic E-state index is -0.182. The average Bonchev–Trinajstić information content (AvgIpc) is 3.04. The van der Waals surface area contributed by atoms with Crippen LogP contribution in [0.1, 0.15) is 11.8 Å². The van der Waals surface area contributed by atoms with Gasteiger partial charge in [-0.1, -0.05) is 36.4 Å². The van der Waals surface area contributed by atoms with E-state index >= 15 is 0 Å². The maximum atomic E-state index is 12.0. The molecule has 0 aliphatic heterocycles. The Bertz CT molecular complexity index is 899. The van der Waals surface area contributed by atoms with Gasteiger partial charge in [-0.15, -0.1) is 11.3 Å². The summed E-state index contributed by atoms with van der Waals surface area (Å²) in [7, 11) is 0. The Balaban J connectivity index is 1.61. The summed E-state index contributed by atoms with van der Waals surface area (Å²) in [4.78, 5) is 13.0. The molecule has 0 radical (unpaired) electrons. The Labute approximate surface area is 152 Å². The van der Waals surface area contributed by atoms with E-state index in [1.807, 2.05) is 61.5 Å². The number of nitrogens with one attached hydrogen (secondary N) is 2. The van der Waals surface area contributed by atoms with Gasteiger partial charge in [0.2, 0.25) is 0 Å². The highest BCUT2D eigenvalue weighted by molar-refractivity contribution is 9.11. The van der Waals surface area contributed by atoms with Crippen molar-refractivity contribution in [3.63, 3.8) is 0 Å². The first kappa shape index (κ1) is 16.7. The smallest absolute Gasteiger partial charge is 0.259 e. The molecule has 3 aromatic rings. The van der Waals surface area contributed by atoms with E-state index in [-0.39, 0.29) is 12.5 Å². The van der Waals surface area contributed by atoms with Crippen molar-refractivity contribution in [1.82, 2.24) is 5.43 Å². The minimum absolute atomic E-state index is 0.166. The molecule has 4 nitrogen and oxygen atoms in total. The summed E-state index contributed by atoms with van der Waals surface area (Å²) in [5.74, 6) is -0.182. The SMILES string of the molecule is C/C(=N\NC(=O)CNc1cccc2ccccc12)c1ccc(Br)s1. The van der Waals surface area contributed by atoms with Crippen molar-refractivity contribution in [3.8, 4) is 0 Å². The quantitative estimate of drug-likeness (QED) is 0.484. The van der Waals surface area contributed by atoms with Gasteiger partial charge in [0.25, 0.3) is 5.91 Å². The van der Waals surface area contributed by atoms with Crippen LogP contribution in [0.4, 0.5) is 5.69 Å². The second-order valence-corrected chi connectivity index (χ2v) is 7.68. The molecule has 1 amide bonds. The maximum absolute atomic E-state index is 12.0. The summed E-state index contributed by atoms with van der Waals surface area (Å²) in [5, 5.41) is 9.55. The summed E-state index contributed by atoms with van der Waals surface area (Å²) in [6.07, 6.45) is 0. The van der Waals surface area contributed by atoms with Crippen LogP contribution in [0.25, 0.3) is 10.8 Å². The molecule has 1 heterocycles. The lowest BCUT2D eigenvalue weighted by Crippen LogP contribution is -2.26. The molecule has 0 saturated heterocycles. The van der Waals surface area contributed by atoms with Crippen molar-refractivity contribution in [2.24, 2.45) is 5.10 Å². The molecule has 122 valence electrons. The van der Waals surface area contributed by atoms with Crippen molar-refractivity contribution >= 4 is 55.3 Å². The predicted molar refractivity (Wildman–Crippen MR) is 105 cm³/mol. The van der Waals surface area contributed by atoms with Crippen LogP contribution in [0, 0.1) is 0 Å². The maximum Gasteiger partial charge on any atom is 0.259 e. The molecular formula is C18H16BrN3OS. The number of thiophene rings is 1. The molecule has 0 bridgehead atoms. The van der Waals surface area contributed by atoms with E-state index in [1.54, 1.807) is 11.3 Å². The zero-order chi connectivity index (χ0) is 16.9. The zero-order valence-electron chi connectivity index (χ0n) is 13.0. The number of halogens is 1. The molecule has 6 heteroatoms. The van der Waals surface area contributed by atoms with E-state index in [0.29, 0.717) is 0 Å². The largest absolute Gasteiger partial charge is 0.376 e. The third kappa shape index (κ3) is 4.01. The Kier molecular flexibility index (Phi) is 5.27. The predicted octanol–water partition coefficient (Wildman–Crippen LogP) is 4.62. The molecule has 0 fully saturated rings. The van der Waals surface area contributed by atoms with Gasteiger partial charge >= 0.3 is 0 Å². The molecular weight excluding hydrogens is 386 g/mol. The fourth-order valence-electron chi connectivity index (χ4n) is 2.30. The lowest BCUT2D eigenvalue weighted by Gasteiger charge is -2.09. The molecule has 0 aliphatic carbocycles. The summed E-state index contributed by atoms with van der Waals surface area (Å²) < 4.78 is 1.04. The monoisotopic (exact) mass is 401 g/mol. The summed E-state index contributed by atoms with van der Waals surface area (Å²) in [6.45, 7) is 2.04. The third-order valence-electron chi connectivity index (χ3n) is 3.51. The topological polar surface area (TPSA) is 53.5 Å². The molecule has 0 spiro atoms. The Morgan fingerprint density at radius 2 is 1.92 bits per heavy atom. The van der Waals surface area contributed by atoms with Gasteiger partial charge < -0.3 is 5.32 Å². The number of hydrazone groups is 1. The van der Waals surface area contributed by atoms with Gasteiger partial charge in [0.15, 0.2) is 0 Å². The van der Waals surface area contributed by atoms with Crippen molar-refractivity contribution < 1.29 is 4.79 Å². The van der Waals surface area contributed by atoms with E-state index in [4.69, 9.17) is 0 Å². The lowest BCUT2D eigenvalue weighted by atomic mass is 10.1. The second kappa shape index (κ2) is 7.59. The Morgan fingerprint density at radius 1 is 1.12 bits per heavy atom. The number of amides is 1. The number of nitrogens with zero attached hydrogens (tertiary/aromatic N) is 1. The molecule has 1 aromatic heterocycles. The molecule has 2 N–H and O–H groups in total. The van der Waals surface area contributed by atoms with Gasteiger partial charge in [-0.05, 0) is 46.4 Å². The third-order valence-corrected chi connectivity index (χ3v) is 5.24. The lowest BCUT2D eigenvalue weighted by molar-refractivity contribution is -0.119. The fraction of sp³-hybridized carbons (Fsp3) is 0.111. The molecule has 0 aliphatic rings. The number of rotatable bonds is 5. The van der Waals surface area contributed by atoms with Gasteiger partial charge in [0, 0.05) is 11.1 Å². The van der Waals surface area contributed by atoms with Crippen LogP contribution in [0.5, 0.6) is 0 Å². The first-order valence-electron chi connectivity index (χ1n) is 7.44. The summed E-state index contributed by atoms with van der Waals surface area (Å²) in [6, 6.07) is 18.0. The number of fused-ring (bicyclic) bond motifs is 1. The van der Waals surface area contributed by atoms with Crippen LogP contribution in [0.2, 0.25) is 0 Å². The number of hydrogen-bond acceptors (Lipinski definition) is 4. The molecule has 24 heavy (non-hydrogen) atoms. The van der Waals surface area contributed by atoms with Crippen LogP contribution in [0.15, 0.2) is 63.5 Å². The summed E-state index contributed by atoms with van der Waals surface area (Å²) in [5.41, 5.74) is 4.30. The molecule has 0 unspecified atom stereocenters. The van der Waals surface area contributed by atoms with Gasteiger partial charge in [-0.2, -0.15) is 5.10 Å².